The fourth-order valence-electron chi connectivity index (χ4n) is 6.20. The number of rotatable bonds is 5. The number of aliphatic hydroxyl groups is 1. The van der Waals surface area contributed by atoms with E-state index in [1.165, 1.54) is 6.42 Å². The summed E-state index contributed by atoms with van der Waals surface area (Å²) < 4.78 is 1.87. The maximum atomic E-state index is 13.0. The average molecular weight is 365 g/mol. The first-order valence-electron chi connectivity index (χ1n) is 10.1. The lowest BCUT2D eigenvalue weighted by Gasteiger charge is -2.59. The zero-order valence-corrected chi connectivity index (χ0v) is 15.6. The van der Waals surface area contributed by atoms with Crippen LogP contribution in [0.15, 0.2) is 42.7 Å². The summed E-state index contributed by atoms with van der Waals surface area (Å²) in [5.41, 5.74) is 1.24. The van der Waals surface area contributed by atoms with Crippen LogP contribution in [0.25, 0.3) is 5.69 Å². The van der Waals surface area contributed by atoms with Gasteiger partial charge in [-0.2, -0.15) is 5.10 Å². The van der Waals surface area contributed by atoms with Gasteiger partial charge >= 0.3 is 0 Å². The van der Waals surface area contributed by atoms with Crippen molar-refractivity contribution in [1.29, 1.82) is 0 Å². The molecule has 0 spiro atoms. The van der Waals surface area contributed by atoms with Crippen molar-refractivity contribution in [3.8, 4) is 5.69 Å². The van der Waals surface area contributed by atoms with Crippen LogP contribution in [0.2, 0.25) is 0 Å². The molecule has 2 N–H and O–H groups in total. The van der Waals surface area contributed by atoms with Gasteiger partial charge in [-0.25, -0.2) is 4.68 Å². The van der Waals surface area contributed by atoms with E-state index in [0.29, 0.717) is 24.8 Å². The van der Waals surface area contributed by atoms with Gasteiger partial charge in [0.15, 0.2) is 0 Å². The summed E-state index contributed by atoms with van der Waals surface area (Å²) >= 11 is 0. The highest BCUT2D eigenvalue weighted by Crippen LogP contribution is 2.61. The predicted molar refractivity (Wildman–Crippen MR) is 102 cm³/mol. The number of amides is 1. The quantitative estimate of drug-likeness (QED) is 0.856. The number of nitrogens with zero attached hydrogens (tertiary/aromatic N) is 2. The third kappa shape index (κ3) is 3.08. The molecule has 6 rings (SSSR count). The summed E-state index contributed by atoms with van der Waals surface area (Å²) in [5.74, 6) is 1.22. The Bertz CT molecular complexity index is 830. The third-order valence-electron chi connectivity index (χ3n) is 6.87. The van der Waals surface area contributed by atoms with Gasteiger partial charge in [-0.3, -0.25) is 4.79 Å². The summed E-state index contributed by atoms with van der Waals surface area (Å²) in [7, 11) is 0. The molecular weight excluding hydrogens is 338 g/mol. The summed E-state index contributed by atoms with van der Waals surface area (Å²) in [6.07, 6.45) is 10.2. The van der Waals surface area contributed by atoms with Gasteiger partial charge in [0.2, 0.25) is 5.91 Å². The number of nitrogens with one attached hydrogen (secondary N) is 1. The van der Waals surface area contributed by atoms with Gasteiger partial charge in [-0.05, 0) is 74.5 Å². The molecule has 1 aromatic carbocycles. The summed E-state index contributed by atoms with van der Waals surface area (Å²) in [5, 5.41) is 18.4. The number of carbonyl (C=O) groups is 1. The molecule has 1 aromatic heterocycles. The molecule has 0 aliphatic heterocycles. The number of aromatic nitrogens is 2. The maximum Gasteiger partial charge on any atom is 0.226 e. The van der Waals surface area contributed by atoms with Crippen molar-refractivity contribution in [2.45, 2.75) is 50.5 Å². The van der Waals surface area contributed by atoms with E-state index in [-0.39, 0.29) is 11.3 Å². The van der Waals surface area contributed by atoms with Gasteiger partial charge in [0, 0.05) is 12.7 Å². The topological polar surface area (TPSA) is 67.2 Å². The monoisotopic (exact) mass is 365 g/mol. The SMILES string of the molecule is O=C(NCCc1cnn(-c2ccccc2)c1)C12CC3CC(CC(O)(C3)C1)C2. The summed E-state index contributed by atoms with van der Waals surface area (Å²) in [6, 6.07) is 10.0. The molecule has 4 aliphatic rings. The minimum atomic E-state index is -0.585. The molecule has 0 saturated heterocycles. The second-order valence-electron chi connectivity index (χ2n) is 9.10. The summed E-state index contributed by atoms with van der Waals surface area (Å²) in [4.78, 5) is 13.0. The van der Waals surface area contributed by atoms with Gasteiger partial charge in [0.05, 0.1) is 22.9 Å². The van der Waals surface area contributed by atoms with Crippen molar-refractivity contribution < 1.29 is 9.90 Å². The van der Waals surface area contributed by atoms with Crippen molar-refractivity contribution in [3.05, 3.63) is 48.3 Å². The lowest BCUT2D eigenvalue weighted by atomic mass is 9.47. The van der Waals surface area contributed by atoms with E-state index < -0.39 is 5.60 Å². The van der Waals surface area contributed by atoms with Gasteiger partial charge in [-0.15, -0.1) is 0 Å². The van der Waals surface area contributed by atoms with E-state index in [1.54, 1.807) is 0 Å². The molecule has 4 bridgehead atoms. The molecule has 4 aliphatic carbocycles. The Kier molecular flexibility index (Phi) is 3.90. The van der Waals surface area contributed by atoms with E-state index in [0.717, 1.165) is 43.4 Å². The third-order valence-corrected chi connectivity index (χ3v) is 6.87. The van der Waals surface area contributed by atoms with Crippen LogP contribution in [0.5, 0.6) is 0 Å². The van der Waals surface area contributed by atoms with E-state index in [1.807, 2.05) is 47.4 Å². The van der Waals surface area contributed by atoms with E-state index in [2.05, 4.69) is 10.4 Å². The number of hydrogen-bond donors (Lipinski definition) is 2. The highest BCUT2D eigenvalue weighted by atomic mass is 16.3. The van der Waals surface area contributed by atoms with E-state index >= 15 is 0 Å². The molecule has 4 saturated carbocycles. The van der Waals surface area contributed by atoms with Crippen LogP contribution in [-0.2, 0) is 11.2 Å². The number of para-hydroxylation sites is 1. The van der Waals surface area contributed by atoms with E-state index in [4.69, 9.17) is 0 Å². The molecule has 5 nitrogen and oxygen atoms in total. The zero-order chi connectivity index (χ0) is 18.5. The molecular formula is C22H27N3O2. The molecule has 5 heteroatoms. The second-order valence-corrected chi connectivity index (χ2v) is 9.10. The van der Waals surface area contributed by atoms with Crippen LogP contribution in [0, 0.1) is 17.3 Å². The number of benzene rings is 1. The Morgan fingerprint density at radius 3 is 2.63 bits per heavy atom. The first-order chi connectivity index (χ1) is 13.0. The first-order valence-corrected chi connectivity index (χ1v) is 10.1. The standard InChI is InChI=1S/C22H27N3O2/c26-20(21-9-17-8-18(10-21)12-22(27,11-17)15-21)23-7-6-16-13-24-25(14-16)19-4-2-1-3-5-19/h1-5,13-14,17-18,27H,6-12,15H2,(H,23,26). The Labute approximate surface area is 159 Å². The van der Waals surface area contributed by atoms with Crippen molar-refractivity contribution in [2.75, 3.05) is 6.54 Å². The Morgan fingerprint density at radius 1 is 1.19 bits per heavy atom. The summed E-state index contributed by atoms with van der Waals surface area (Å²) in [6.45, 7) is 0.620. The van der Waals surface area contributed by atoms with Crippen molar-refractivity contribution in [1.82, 2.24) is 15.1 Å². The van der Waals surface area contributed by atoms with Crippen LogP contribution < -0.4 is 5.32 Å². The Hall–Kier alpha value is -2.14. The molecule has 0 radical (unpaired) electrons. The molecule has 2 aromatic rings. The minimum Gasteiger partial charge on any atom is -0.390 e. The van der Waals surface area contributed by atoms with Crippen LogP contribution in [0.3, 0.4) is 0 Å². The normalized spacial score (nSPS) is 34.0. The molecule has 142 valence electrons. The molecule has 2 atom stereocenters. The number of hydrogen-bond acceptors (Lipinski definition) is 3. The van der Waals surface area contributed by atoms with Crippen LogP contribution in [0.1, 0.15) is 44.1 Å². The lowest BCUT2D eigenvalue weighted by molar-refractivity contribution is -0.178. The molecule has 4 fully saturated rings. The zero-order valence-electron chi connectivity index (χ0n) is 15.6. The largest absolute Gasteiger partial charge is 0.390 e. The van der Waals surface area contributed by atoms with Gasteiger partial charge in [-0.1, -0.05) is 18.2 Å². The van der Waals surface area contributed by atoms with Gasteiger partial charge in [0.25, 0.3) is 0 Å². The Morgan fingerprint density at radius 2 is 1.93 bits per heavy atom. The molecule has 2 unspecified atom stereocenters. The van der Waals surface area contributed by atoms with Gasteiger partial charge in [0.1, 0.15) is 0 Å². The van der Waals surface area contributed by atoms with Crippen molar-refractivity contribution >= 4 is 5.91 Å². The second kappa shape index (κ2) is 6.20. The van der Waals surface area contributed by atoms with Crippen molar-refractivity contribution in [3.63, 3.8) is 0 Å². The highest BCUT2D eigenvalue weighted by molar-refractivity contribution is 5.83. The fraction of sp³-hybridized carbons (Fsp3) is 0.545. The lowest BCUT2D eigenvalue weighted by Crippen LogP contribution is -2.60. The predicted octanol–water partition coefficient (Wildman–Crippen LogP) is 2.86. The number of carbonyl (C=O) groups excluding carboxylic acids is 1. The van der Waals surface area contributed by atoms with E-state index in [9.17, 15) is 9.90 Å². The van der Waals surface area contributed by atoms with Crippen LogP contribution >= 0.6 is 0 Å². The van der Waals surface area contributed by atoms with Crippen molar-refractivity contribution in [2.24, 2.45) is 17.3 Å². The first kappa shape index (κ1) is 17.0. The fourth-order valence-corrected chi connectivity index (χ4v) is 6.20. The Balaban J connectivity index is 1.20. The molecule has 27 heavy (non-hydrogen) atoms. The van der Waals surface area contributed by atoms with Crippen LogP contribution in [0.4, 0.5) is 0 Å². The average Bonchev–Trinajstić information content (AvgIpc) is 3.09. The van der Waals surface area contributed by atoms with Gasteiger partial charge < -0.3 is 10.4 Å². The molecule has 1 amide bonds. The maximum absolute atomic E-state index is 13.0. The minimum absolute atomic E-state index is 0.158. The molecule has 1 heterocycles. The smallest absolute Gasteiger partial charge is 0.226 e. The highest BCUT2D eigenvalue weighted by Gasteiger charge is 2.59. The van der Waals surface area contributed by atoms with Crippen LogP contribution in [-0.4, -0.2) is 32.9 Å².